The fourth-order valence-electron chi connectivity index (χ4n) is 2.76. The lowest BCUT2D eigenvalue weighted by atomic mass is 10.0. The first kappa shape index (κ1) is 18.9. The van der Waals surface area contributed by atoms with Crippen molar-refractivity contribution in [3.05, 3.63) is 47.8 Å². The Morgan fingerprint density at radius 3 is 2.24 bits per heavy atom. The van der Waals surface area contributed by atoms with E-state index >= 15 is 0 Å². The van der Waals surface area contributed by atoms with Crippen LogP contribution in [0.5, 0.6) is 0 Å². The Bertz CT molecular complexity index is 676. The summed E-state index contributed by atoms with van der Waals surface area (Å²) >= 11 is 0. The van der Waals surface area contributed by atoms with Gasteiger partial charge in [-0.3, -0.25) is 4.79 Å². The van der Waals surface area contributed by atoms with E-state index in [1.165, 1.54) is 0 Å². The highest BCUT2D eigenvalue weighted by molar-refractivity contribution is 6.04. The second kappa shape index (κ2) is 9.16. The number of amides is 1. The third kappa shape index (κ3) is 5.02. The highest BCUT2D eigenvalue weighted by Gasteiger charge is 2.13. The number of carbonyl (C=O) groups is 1. The summed E-state index contributed by atoms with van der Waals surface area (Å²) in [5.41, 5.74) is 2.42. The maximum absolute atomic E-state index is 12.5. The third-order valence-corrected chi connectivity index (χ3v) is 4.00. The number of para-hydroxylation sites is 1. The number of benzene rings is 1. The van der Waals surface area contributed by atoms with Gasteiger partial charge in [-0.05, 0) is 30.4 Å². The lowest BCUT2D eigenvalue weighted by Crippen LogP contribution is -2.27. The molecule has 0 saturated heterocycles. The molecule has 1 heterocycles. The molecule has 5 nitrogen and oxygen atoms in total. The lowest BCUT2D eigenvalue weighted by Gasteiger charge is -2.21. The van der Waals surface area contributed by atoms with E-state index in [0.29, 0.717) is 17.4 Å². The fourth-order valence-corrected chi connectivity index (χ4v) is 2.76. The van der Waals surface area contributed by atoms with Crippen molar-refractivity contribution in [2.24, 2.45) is 0 Å². The molecule has 2 rings (SSSR count). The molecule has 0 aliphatic heterocycles. The van der Waals surface area contributed by atoms with Gasteiger partial charge < -0.3 is 10.2 Å². The molecule has 0 saturated carbocycles. The van der Waals surface area contributed by atoms with Gasteiger partial charge in [0.25, 0.3) is 5.91 Å². The topological polar surface area (TPSA) is 58.1 Å². The van der Waals surface area contributed by atoms with Gasteiger partial charge in [0.2, 0.25) is 5.95 Å². The van der Waals surface area contributed by atoms with Gasteiger partial charge in [0, 0.05) is 31.2 Å². The predicted molar refractivity (Wildman–Crippen MR) is 103 cm³/mol. The number of anilines is 2. The Morgan fingerprint density at radius 1 is 1.08 bits per heavy atom. The first-order chi connectivity index (χ1) is 12.1. The van der Waals surface area contributed by atoms with Gasteiger partial charge in [-0.2, -0.15) is 0 Å². The number of aromatic nitrogens is 2. The van der Waals surface area contributed by atoms with Crippen LogP contribution in [-0.2, 0) is 0 Å². The van der Waals surface area contributed by atoms with Gasteiger partial charge in [0.1, 0.15) is 0 Å². The van der Waals surface area contributed by atoms with E-state index in [0.717, 1.165) is 37.2 Å². The Kier molecular flexibility index (Phi) is 6.92. The molecule has 0 atom stereocenters. The number of nitrogens with one attached hydrogen (secondary N) is 1. The Hall–Kier alpha value is -2.43. The van der Waals surface area contributed by atoms with Crippen LogP contribution in [0.25, 0.3) is 0 Å². The summed E-state index contributed by atoms with van der Waals surface area (Å²) < 4.78 is 0. The van der Waals surface area contributed by atoms with E-state index in [1.54, 1.807) is 12.4 Å². The number of nitrogens with zero attached hydrogens (tertiary/aromatic N) is 3. The summed E-state index contributed by atoms with van der Waals surface area (Å²) in [5, 5.41) is 2.97. The molecule has 0 fully saturated rings. The third-order valence-electron chi connectivity index (χ3n) is 4.00. The molecule has 0 aliphatic rings. The fraction of sp³-hybridized carbons (Fsp3) is 0.450. The van der Waals surface area contributed by atoms with Crippen LogP contribution < -0.4 is 10.2 Å². The van der Waals surface area contributed by atoms with Crippen molar-refractivity contribution in [2.45, 2.75) is 46.5 Å². The second-order valence-corrected chi connectivity index (χ2v) is 6.45. The van der Waals surface area contributed by atoms with Crippen molar-refractivity contribution in [1.82, 2.24) is 9.97 Å². The minimum atomic E-state index is -0.183. The summed E-state index contributed by atoms with van der Waals surface area (Å²) in [4.78, 5) is 23.4. The van der Waals surface area contributed by atoms with Crippen LogP contribution >= 0.6 is 0 Å². The van der Waals surface area contributed by atoms with Crippen molar-refractivity contribution in [1.29, 1.82) is 0 Å². The van der Waals surface area contributed by atoms with Gasteiger partial charge in [-0.25, -0.2) is 9.97 Å². The van der Waals surface area contributed by atoms with Crippen molar-refractivity contribution in [2.75, 3.05) is 23.3 Å². The maximum atomic E-state index is 12.5. The van der Waals surface area contributed by atoms with Crippen LogP contribution in [-0.4, -0.2) is 29.0 Å². The number of hydrogen-bond acceptors (Lipinski definition) is 4. The summed E-state index contributed by atoms with van der Waals surface area (Å²) in [5.74, 6) is 0.840. The minimum Gasteiger partial charge on any atom is -0.341 e. The quantitative estimate of drug-likeness (QED) is 0.770. The van der Waals surface area contributed by atoms with E-state index in [-0.39, 0.29) is 5.91 Å². The molecule has 0 radical (unpaired) electrons. The maximum Gasteiger partial charge on any atom is 0.258 e. The molecule has 0 bridgehead atoms. The predicted octanol–water partition coefficient (Wildman–Crippen LogP) is 4.48. The average molecular weight is 340 g/mol. The van der Waals surface area contributed by atoms with Gasteiger partial charge in [0.15, 0.2) is 0 Å². The molecule has 134 valence electrons. The smallest absolute Gasteiger partial charge is 0.258 e. The van der Waals surface area contributed by atoms with Crippen LogP contribution in [0, 0.1) is 0 Å². The Morgan fingerprint density at radius 2 is 1.68 bits per heavy atom. The monoisotopic (exact) mass is 340 g/mol. The molecule has 2 aromatic rings. The first-order valence-electron chi connectivity index (χ1n) is 9.04. The average Bonchev–Trinajstić information content (AvgIpc) is 2.62. The van der Waals surface area contributed by atoms with E-state index in [2.05, 4.69) is 47.9 Å². The molecule has 5 heteroatoms. The van der Waals surface area contributed by atoms with Crippen molar-refractivity contribution < 1.29 is 4.79 Å². The summed E-state index contributed by atoms with van der Waals surface area (Å²) in [7, 11) is 0. The Labute approximate surface area is 150 Å². The van der Waals surface area contributed by atoms with Gasteiger partial charge in [-0.15, -0.1) is 0 Å². The largest absolute Gasteiger partial charge is 0.341 e. The van der Waals surface area contributed by atoms with Crippen molar-refractivity contribution >= 4 is 17.5 Å². The molecule has 0 spiro atoms. The standard InChI is InChI=1S/C20H28N4O/c1-5-11-24(12-6-2)20-21-13-16(14-22-20)19(25)23-18-10-8-7-9-17(18)15(3)4/h7-10,13-15H,5-6,11-12H2,1-4H3,(H,23,25). The SMILES string of the molecule is CCCN(CCC)c1ncc(C(=O)Nc2ccccc2C(C)C)cn1. The van der Waals surface area contributed by atoms with Crippen LogP contribution in [0.3, 0.4) is 0 Å². The van der Waals surface area contributed by atoms with Crippen LogP contribution in [0.15, 0.2) is 36.7 Å². The molecule has 1 N–H and O–H groups in total. The molecular formula is C20H28N4O. The number of hydrogen-bond donors (Lipinski definition) is 1. The van der Waals surface area contributed by atoms with Crippen LogP contribution in [0.4, 0.5) is 11.6 Å². The summed E-state index contributed by atoms with van der Waals surface area (Å²) in [6.07, 6.45) is 5.29. The zero-order valence-corrected chi connectivity index (χ0v) is 15.6. The highest BCUT2D eigenvalue weighted by Crippen LogP contribution is 2.24. The molecule has 25 heavy (non-hydrogen) atoms. The van der Waals surface area contributed by atoms with Gasteiger partial charge >= 0.3 is 0 Å². The molecule has 0 aliphatic carbocycles. The highest BCUT2D eigenvalue weighted by atomic mass is 16.1. The minimum absolute atomic E-state index is 0.183. The van der Waals surface area contributed by atoms with Gasteiger partial charge in [-0.1, -0.05) is 45.9 Å². The molecule has 0 unspecified atom stereocenters. The van der Waals surface area contributed by atoms with E-state index in [9.17, 15) is 4.79 Å². The lowest BCUT2D eigenvalue weighted by molar-refractivity contribution is 0.102. The summed E-state index contributed by atoms with van der Waals surface area (Å²) in [6.45, 7) is 10.3. The van der Waals surface area contributed by atoms with E-state index < -0.39 is 0 Å². The zero-order valence-electron chi connectivity index (χ0n) is 15.6. The first-order valence-corrected chi connectivity index (χ1v) is 9.04. The van der Waals surface area contributed by atoms with Gasteiger partial charge in [0.05, 0.1) is 5.56 Å². The normalized spacial score (nSPS) is 10.8. The molecule has 1 aromatic heterocycles. The molecular weight excluding hydrogens is 312 g/mol. The number of rotatable bonds is 8. The zero-order chi connectivity index (χ0) is 18.2. The molecule has 1 amide bonds. The van der Waals surface area contributed by atoms with Crippen molar-refractivity contribution in [3.8, 4) is 0 Å². The van der Waals surface area contributed by atoms with Crippen molar-refractivity contribution in [3.63, 3.8) is 0 Å². The Balaban J connectivity index is 2.13. The van der Waals surface area contributed by atoms with Crippen LogP contribution in [0.2, 0.25) is 0 Å². The van der Waals surface area contributed by atoms with E-state index in [4.69, 9.17) is 0 Å². The van der Waals surface area contributed by atoms with Crippen LogP contribution in [0.1, 0.15) is 62.4 Å². The summed E-state index contributed by atoms with van der Waals surface area (Å²) in [6, 6.07) is 7.87. The molecule has 1 aromatic carbocycles. The van der Waals surface area contributed by atoms with E-state index in [1.807, 2.05) is 24.3 Å². The number of carbonyl (C=O) groups excluding carboxylic acids is 1. The second-order valence-electron chi connectivity index (χ2n) is 6.45.